The van der Waals surface area contributed by atoms with Crippen molar-refractivity contribution in [2.45, 2.75) is 25.1 Å². The second kappa shape index (κ2) is 13.1. The lowest BCUT2D eigenvalue weighted by atomic mass is 10.0. The molecule has 0 N–H and O–H groups in total. The van der Waals surface area contributed by atoms with Crippen LogP contribution in [0.4, 0.5) is 18.0 Å². The predicted molar refractivity (Wildman–Crippen MR) is 165 cm³/mol. The highest BCUT2D eigenvalue weighted by Gasteiger charge is 2.33. The first kappa shape index (κ1) is 30.3. The van der Waals surface area contributed by atoms with Crippen LogP contribution < -0.4 is 4.74 Å². The van der Waals surface area contributed by atoms with Crippen molar-refractivity contribution in [2.75, 3.05) is 39.3 Å². The van der Waals surface area contributed by atoms with Gasteiger partial charge in [0.25, 0.3) is 5.91 Å². The van der Waals surface area contributed by atoms with Gasteiger partial charge in [-0.25, -0.2) is 9.78 Å². The molecule has 0 bridgehead atoms. The summed E-state index contributed by atoms with van der Waals surface area (Å²) in [6, 6.07) is 28.0. The third-order valence-corrected chi connectivity index (χ3v) is 8.42. The van der Waals surface area contributed by atoms with Crippen molar-refractivity contribution in [2.24, 2.45) is 0 Å². The van der Waals surface area contributed by atoms with Crippen molar-refractivity contribution >= 4 is 12.0 Å². The molecule has 0 unspecified atom stereocenters. The van der Waals surface area contributed by atoms with Gasteiger partial charge in [-0.3, -0.25) is 9.69 Å². The van der Waals surface area contributed by atoms with E-state index in [0.717, 1.165) is 47.5 Å². The molecule has 3 heterocycles. The van der Waals surface area contributed by atoms with Crippen molar-refractivity contribution in [1.82, 2.24) is 19.7 Å². The molecule has 2 aliphatic rings. The number of carbonyl (C=O) groups excluding carboxylic acids is 2. The fraction of sp³-hybridized carbons (Fsp3) is 0.286. The van der Waals surface area contributed by atoms with E-state index >= 15 is 0 Å². The summed E-state index contributed by atoms with van der Waals surface area (Å²) in [5.74, 6) is -0.155. The van der Waals surface area contributed by atoms with Crippen LogP contribution in [0.1, 0.15) is 28.8 Å². The summed E-state index contributed by atoms with van der Waals surface area (Å²) in [7, 11) is 0. The first-order valence-electron chi connectivity index (χ1n) is 15.0. The van der Waals surface area contributed by atoms with Crippen LogP contribution in [0.3, 0.4) is 0 Å². The molecule has 7 nitrogen and oxygen atoms in total. The average Bonchev–Trinajstić information content (AvgIpc) is 3.08. The number of carbonyl (C=O) groups is 2. The topological polar surface area (TPSA) is 66.0 Å². The number of pyridine rings is 1. The van der Waals surface area contributed by atoms with Crippen LogP contribution in [0.2, 0.25) is 0 Å². The Hall–Kier alpha value is -4.70. The maximum Gasteiger partial charge on any atom is 0.416 e. The monoisotopic (exact) mass is 614 g/mol. The largest absolute Gasteiger partial charge is 0.416 e. The number of piperidine rings is 1. The van der Waals surface area contributed by atoms with E-state index in [9.17, 15) is 22.8 Å². The Labute approximate surface area is 259 Å². The number of ether oxygens (including phenoxy) is 1. The number of piperazine rings is 1. The number of likely N-dealkylation sites (tertiary alicyclic amines) is 1. The number of hydrogen-bond acceptors (Lipinski definition) is 5. The summed E-state index contributed by atoms with van der Waals surface area (Å²) in [5, 5.41) is 0. The molecule has 232 valence electrons. The van der Waals surface area contributed by atoms with Gasteiger partial charge in [-0.1, -0.05) is 66.7 Å². The maximum atomic E-state index is 13.8. The van der Waals surface area contributed by atoms with E-state index in [0.29, 0.717) is 44.8 Å². The molecule has 0 saturated carbocycles. The minimum Gasteiger partial charge on any atom is -0.410 e. The molecule has 2 amide bonds. The second-order valence-electron chi connectivity index (χ2n) is 11.3. The number of alkyl halides is 3. The van der Waals surface area contributed by atoms with Gasteiger partial charge in [-0.15, -0.1) is 0 Å². The average molecular weight is 615 g/mol. The highest BCUT2D eigenvalue weighted by molar-refractivity contribution is 5.96. The van der Waals surface area contributed by atoms with Crippen molar-refractivity contribution in [1.29, 1.82) is 0 Å². The lowest BCUT2D eigenvalue weighted by Gasteiger charge is -2.42. The Morgan fingerprint density at radius 2 is 1.27 bits per heavy atom. The molecule has 4 aromatic rings. The predicted octanol–water partition coefficient (Wildman–Crippen LogP) is 6.86. The molecular weight excluding hydrogens is 581 g/mol. The molecule has 2 aliphatic heterocycles. The van der Waals surface area contributed by atoms with Gasteiger partial charge in [0.2, 0.25) is 0 Å². The zero-order valence-corrected chi connectivity index (χ0v) is 24.6. The molecular formula is C35H33F3N4O3. The van der Waals surface area contributed by atoms with E-state index < -0.39 is 17.8 Å². The van der Waals surface area contributed by atoms with Crippen molar-refractivity contribution in [3.8, 4) is 28.3 Å². The maximum absolute atomic E-state index is 13.8. The number of nitrogens with zero attached hydrogens (tertiary/aromatic N) is 4. The molecule has 3 aromatic carbocycles. The number of aromatic nitrogens is 1. The van der Waals surface area contributed by atoms with Crippen LogP contribution in [0, 0.1) is 0 Å². The number of rotatable bonds is 5. The molecule has 6 rings (SSSR count). The highest BCUT2D eigenvalue weighted by atomic mass is 19.4. The van der Waals surface area contributed by atoms with Gasteiger partial charge >= 0.3 is 12.3 Å². The summed E-state index contributed by atoms with van der Waals surface area (Å²) >= 11 is 0. The molecule has 0 radical (unpaired) electrons. The van der Waals surface area contributed by atoms with Gasteiger partial charge in [0.1, 0.15) is 5.75 Å². The number of amides is 2. The molecule has 0 spiro atoms. The van der Waals surface area contributed by atoms with Crippen LogP contribution in [-0.2, 0) is 6.18 Å². The number of hydrogen-bond donors (Lipinski definition) is 0. The summed E-state index contributed by atoms with van der Waals surface area (Å²) < 4.78 is 44.3. The SMILES string of the molecule is O=C(Oc1cccc(C(F)(F)F)c1)N1CCC(N2CCN(C(=O)c3cc(-c4ccccc4)nc(-c4ccccc4)c3)CC2)CC1. The number of benzene rings is 3. The van der Waals surface area contributed by atoms with Crippen molar-refractivity contribution in [3.63, 3.8) is 0 Å². The van der Waals surface area contributed by atoms with Gasteiger partial charge in [-0.2, -0.15) is 13.2 Å². The van der Waals surface area contributed by atoms with Gasteiger partial charge in [0, 0.05) is 62.0 Å². The lowest BCUT2D eigenvalue weighted by Crippen LogP contribution is -2.55. The van der Waals surface area contributed by atoms with E-state index in [1.807, 2.05) is 77.7 Å². The minimum atomic E-state index is -4.51. The second-order valence-corrected chi connectivity index (χ2v) is 11.3. The lowest BCUT2D eigenvalue weighted by molar-refractivity contribution is -0.137. The first-order valence-corrected chi connectivity index (χ1v) is 15.0. The Balaban J connectivity index is 1.05. The molecule has 0 atom stereocenters. The van der Waals surface area contributed by atoms with Gasteiger partial charge in [-0.05, 0) is 43.2 Å². The molecule has 2 saturated heterocycles. The van der Waals surface area contributed by atoms with Gasteiger partial charge in [0.05, 0.1) is 17.0 Å². The Morgan fingerprint density at radius 1 is 0.689 bits per heavy atom. The van der Waals surface area contributed by atoms with E-state index in [1.54, 1.807) is 0 Å². The Bertz CT molecular complexity index is 1580. The van der Waals surface area contributed by atoms with Crippen LogP contribution in [0.15, 0.2) is 97.1 Å². The van der Waals surface area contributed by atoms with E-state index in [2.05, 4.69) is 4.90 Å². The molecule has 10 heteroatoms. The van der Waals surface area contributed by atoms with Crippen LogP contribution in [0.25, 0.3) is 22.5 Å². The molecule has 1 aromatic heterocycles. The normalized spacial score (nSPS) is 16.4. The third-order valence-electron chi connectivity index (χ3n) is 8.42. The minimum absolute atomic E-state index is 0.0291. The summed E-state index contributed by atoms with van der Waals surface area (Å²) in [5.41, 5.74) is 3.12. The fourth-order valence-electron chi connectivity index (χ4n) is 5.96. The van der Waals surface area contributed by atoms with E-state index in [4.69, 9.17) is 9.72 Å². The van der Waals surface area contributed by atoms with Crippen LogP contribution in [-0.4, -0.2) is 77.0 Å². The summed E-state index contributed by atoms with van der Waals surface area (Å²) in [4.78, 5) is 37.1. The highest BCUT2D eigenvalue weighted by Crippen LogP contribution is 2.32. The smallest absolute Gasteiger partial charge is 0.410 e. The van der Waals surface area contributed by atoms with E-state index in [1.165, 1.54) is 17.0 Å². The standard InChI is InChI=1S/C35H33F3N4O3/c36-35(37,38)28-12-7-13-30(24-28)45-34(44)42-16-14-29(15-17-42)40-18-20-41(21-19-40)33(43)27-22-31(25-8-3-1-4-9-25)39-32(23-27)26-10-5-2-6-11-26/h1-13,22-24,29H,14-21H2. The Kier molecular flexibility index (Phi) is 8.84. The molecule has 45 heavy (non-hydrogen) atoms. The van der Waals surface area contributed by atoms with Crippen molar-refractivity contribution in [3.05, 3.63) is 108 Å². The third kappa shape index (κ3) is 7.17. The number of halogens is 3. The van der Waals surface area contributed by atoms with Crippen LogP contribution >= 0.6 is 0 Å². The summed E-state index contributed by atoms with van der Waals surface area (Å²) in [6.45, 7) is 3.49. The quantitative estimate of drug-likeness (QED) is 0.246. The van der Waals surface area contributed by atoms with E-state index in [-0.39, 0.29) is 17.7 Å². The van der Waals surface area contributed by atoms with Gasteiger partial charge in [0.15, 0.2) is 0 Å². The fourth-order valence-corrected chi connectivity index (χ4v) is 5.96. The Morgan fingerprint density at radius 3 is 1.82 bits per heavy atom. The van der Waals surface area contributed by atoms with Crippen molar-refractivity contribution < 1.29 is 27.5 Å². The zero-order chi connectivity index (χ0) is 31.4. The summed E-state index contributed by atoms with van der Waals surface area (Å²) in [6.07, 6.45) is -3.72. The van der Waals surface area contributed by atoms with Gasteiger partial charge < -0.3 is 14.5 Å². The first-order chi connectivity index (χ1) is 21.7. The molecule has 2 fully saturated rings. The zero-order valence-electron chi connectivity index (χ0n) is 24.6. The van der Waals surface area contributed by atoms with Crippen LogP contribution in [0.5, 0.6) is 5.75 Å². The molecule has 0 aliphatic carbocycles.